The van der Waals surface area contributed by atoms with E-state index in [1.54, 1.807) is 6.20 Å². The first-order valence-corrected chi connectivity index (χ1v) is 4.75. The molecule has 0 aliphatic heterocycles. The van der Waals surface area contributed by atoms with E-state index in [0.717, 1.165) is 4.88 Å². The van der Waals surface area contributed by atoms with Crippen LogP contribution in [0.5, 0.6) is 0 Å². The Morgan fingerprint density at radius 2 is 2.29 bits per heavy atom. The first-order valence-electron chi connectivity index (χ1n) is 3.93. The molecule has 2 rings (SSSR count). The fourth-order valence-corrected chi connectivity index (χ4v) is 1.82. The Morgan fingerprint density at radius 3 is 2.86 bits per heavy atom. The molecule has 0 spiro atoms. The minimum absolute atomic E-state index is 0.126. The highest BCUT2D eigenvalue weighted by Gasteiger charge is 2.15. The van der Waals surface area contributed by atoms with Gasteiger partial charge in [0.2, 0.25) is 5.13 Å². The van der Waals surface area contributed by atoms with Gasteiger partial charge in [0.05, 0.1) is 0 Å². The van der Waals surface area contributed by atoms with Crippen LogP contribution in [-0.2, 0) is 0 Å². The van der Waals surface area contributed by atoms with Crippen molar-refractivity contribution >= 4 is 11.3 Å². The molecule has 0 fully saturated rings. The minimum atomic E-state index is -2.53. The third-order valence-electron chi connectivity index (χ3n) is 1.69. The van der Waals surface area contributed by atoms with E-state index in [4.69, 9.17) is 0 Å². The van der Waals surface area contributed by atoms with Crippen molar-refractivity contribution in [2.75, 3.05) is 0 Å². The molecule has 2 heterocycles. The zero-order valence-corrected chi connectivity index (χ0v) is 8.13. The number of thiazole rings is 1. The summed E-state index contributed by atoms with van der Waals surface area (Å²) in [6.07, 6.45) is 0.455. The average Bonchev–Trinajstić information content (AvgIpc) is 2.70. The van der Waals surface area contributed by atoms with Gasteiger partial charge in [-0.15, -0.1) is 11.3 Å². The van der Waals surface area contributed by atoms with Crippen molar-refractivity contribution in [3.63, 3.8) is 0 Å². The number of nitrogens with zero attached hydrogens (tertiary/aromatic N) is 3. The summed E-state index contributed by atoms with van der Waals surface area (Å²) in [7, 11) is 0. The van der Waals surface area contributed by atoms with Gasteiger partial charge in [-0.1, -0.05) is 0 Å². The van der Waals surface area contributed by atoms with Gasteiger partial charge in [0, 0.05) is 17.3 Å². The first-order chi connectivity index (χ1) is 6.68. The predicted octanol–water partition coefficient (Wildman–Crippen LogP) is 2.57. The highest BCUT2D eigenvalue weighted by molar-refractivity contribution is 7.13. The quantitative estimate of drug-likeness (QED) is 0.770. The molecule has 6 heteroatoms. The third kappa shape index (κ3) is 1.52. The van der Waals surface area contributed by atoms with E-state index < -0.39 is 6.43 Å². The molecule has 0 bridgehead atoms. The van der Waals surface area contributed by atoms with Crippen LogP contribution in [0.2, 0.25) is 0 Å². The Bertz CT molecular complexity index is 435. The standard InChI is InChI=1S/C8H7F2N3S/c1-5-4-11-8(14-5)13-6(7(9)10)2-3-12-13/h2-4,7H,1H3. The normalized spacial score (nSPS) is 11.1. The molecule has 74 valence electrons. The van der Waals surface area contributed by atoms with Gasteiger partial charge in [0.1, 0.15) is 5.69 Å². The van der Waals surface area contributed by atoms with E-state index in [1.807, 2.05) is 6.92 Å². The van der Waals surface area contributed by atoms with Crippen molar-refractivity contribution in [2.45, 2.75) is 13.3 Å². The summed E-state index contributed by atoms with van der Waals surface area (Å²) >= 11 is 1.33. The van der Waals surface area contributed by atoms with Gasteiger partial charge in [0.25, 0.3) is 6.43 Å². The highest BCUT2D eigenvalue weighted by Crippen LogP contribution is 2.23. The minimum Gasteiger partial charge on any atom is -0.227 e. The maximum atomic E-state index is 12.5. The van der Waals surface area contributed by atoms with Crippen molar-refractivity contribution in [3.8, 4) is 5.13 Å². The van der Waals surface area contributed by atoms with Crippen LogP contribution >= 0.6 is 11.3 Å². The Hall–Kier alpha value is -1.30. The maximum Gasteiger partial charge on any atom is 0.280 e. The Labute approximate surface area is 83.0 Å². The van der Waals surface area contributed by atoms with Crippen LogP contribution in [-0.4, -0.2) is 14.8 Å². The average molecular weight is 215 g/mol. The number of aryl methyl sites for hydroxylation is 1. The van der Waals surface area contributed by atoms with Gasteiger partial charge in [-0.05, 0) is 13.0 Å². The van der Waals surface area contributed by atoms with Crippen molar-refractivity contribution in [1.29, 1.82) is 0 Å². The van der Waals surface area contributed by atoms with Crippen LogP contribution < -0.4 is 0 Å². The monoisotopic (exact) mass is 215 g/mol. The number of hydrogen-bond acceptors (Lipinski definition) is 3. The highest BCUT2D eigenvalue weighted by atomic mass is 32.1. The van der Waals surface area contributed by atoms with Crippen molar-refractivity contribution in [1.82, 2.24) is 14.8 Å². The van der Waals surface area contributed by atoms with Gasteiger partial charge >= 0.3 is 0 Å². The Morgan fingerprint density at radius 1 is 1.50 bits per heavy atom. The van der Waals surface area contributed by atoms with Gasteiger partial charge in [0.15, 0.2) is 0 Å². The summed E-state index contributed by atoms with van der Waals surface area (Å²) < 4.78 is 26.1. The fraction of sp³-hybridized carbons (Fsp3) is 0.250. The lowest BCUT2D eigenvalue weighted by Gasteiger charge is -2.01. The second-order valence-corrected chi connectivity index (χ2v) is 3.94. The van der Waals surface area contributed by atoms with E-state index in [1.165, 1.54) is 28.3 Å². The summed E-state index contributed by atoms with van der Waals surface area (Å²) in [4.78, 5) is 4.96. The predicted molar refractivity (Wildman–Crippen MR) is 48.9 cm³/mol. The molecule has 0 atom stereocenters. The van der Waals surface area contributed by atoms with Crippen molar-refractivity contribution < 1.29 is 8.78 Å². The molecule has 2 aromatic heterocycles. The van der Waals surface area contributed by atoms with Crippen LogP contribution in [0.1, 0.15) is 17.0 Å². The summed E-state index contributed by atoms with van der Waals surface area (Å²) in [5, 5.41) is 4.28. The molecule has 0 aliphatic rings. The molecular formula is C8H7F2N3S. The van der Waals surface area contributed by atoms with Gasteiger partial charge < -0.3 is 0 Å². The first kappa shape index (κ1) is 9.26. The zero-order valence-electron chi connectivity index (χ0n) is 7.32. The fourth-order valence-electron chi connectivity index (χ4n) is 1.08. The molecule has 0 radical (unpaired) electrons. The van der Waals surface area contributed by atoms with Crippen LogP contribution in [0.3, 0.4) is 0 Å². The second kappa shape index (κ2) is 3.45. The smallest absolute Gasteiger partial charge is 0.227 e. The number of aromatic nitrogens is 3. The molecular weight excluding hydrogens is 208 g/mol. The number of rotatable bonds is 2. The SMILES string of the molecule is Cc1cnc(-n2nccc2C(F)F)s1. The summed E-state index contributed by atoms with van der Waals surface area (Å²) in [6, 6.07) is 1.29. The van der Waals surface area contributed by atoms with E-state index >= 15 is 0 Å². The summed E-state index contributed by atoms with van der Waals surface area (Å²) in [5.74, 6) is 0. The number of hydrogen-bond donors (Lipinski definition) is 0. The third-order valence-corrected chi connectivity index (χ3v) is 2.57. The summed E-state index contributed by atoms with van der Waals surface area (Å²) in [6.45, 7) is 1.87. The van der Waals surface area contributed by atoms with Crippen LogP contribution in [0.15, 0.2) is 18.5 Å². The van der Waals surface area contributed by atoms with E-state index in [0.29, 0.717) is 5.13 Å². The maximum absolute atomic E-state index is 12.5. The molecule has 0 saturated heterocycles. The molecule has 0 N–H and O–H groups in total. The number of halogens is 2. The molecule has 2 aromatic rings. The molecule has 0 aromatic carbocycles. The Balaban J connectivity index is 2.46. The number of alkyl halides is 2. The van der Waals surface area contributed by atoms with Gasteiger partial charge in [-0.25, -0.2) is 18.4 Å². The largest absolute Gasteiger partial charge is 0.280 e. The molecule has 14 heavy (non-hydrogen) atoms. The molecule has 0 saturated carbocycles. The van der Waals surface area contributed by atoms with Crippen molar-refractivity contribution in [2.24, 2.45) is 0 Å². The van der Waals surface area contributed by atoms with Crippen LogP contribution in [0.4, 0.5) is 8.78 Å². The van der Waals surface area contributed by atoms with Crippen molar-refractivity contribution in [3.05, 3.63) is 29.0 Å². The zero-order chi connectivity index (χ0) is 10.1. The second-order valence-electron chi connectivity index (χ2n) is 2.72. The Kier molecular flexibility index (Phi) is 2.28. The van der Waals surface area contributed by atoms with E-state index in [9.17, 15) is 8.78 Å². The summed E-state index contributed by atoms with van der Waals surface area (Å²) in [5.41, 5.74) is -0.126. The molecule has 3 nitrogen and oxygen atoms in total. The molecule has 0 unspecified atom stereocenters. The lowest BCUT2D eigenvalue weighted by Crippen LogP contribution is -2.01. The lowest BCUT2D eigenvalue weighted by atomic mass is 10.4. The van der Waals surface area contributed by atoms with Gasteiger partial charge in [-0.2, -0.15) is 5.10 Å². The molecule has 0 amide bonds. The van der Waals surface area contributed by atoms with E-state index in [-0.39, 0.29) is 5.69 Å². The molecule has 0 aliphatic carbocycles. The topological polar surface area (TPSA) is 30.7 Å². The van der Waals surface area contributed by atoms with Gasteiger partial charge in [-0.3, -0.25) is 0 Å². The van der Waals surface area contributed by atoms with Crippen LogP contribution in [0.25, 0.3) is 5.13 Å². The van der Waals surface area contributed by atoms with E-state index in [2.05, 4.69) is 10.1 Å². The van der Waals surface area contributed by atoms with Crippen LogP contribution in [0, 0.1) is 6.92 Å². The lowest BCUT2D eigenvalue weighted by molar-refractivity contribution is 0.143.